The molecule has 0 fully saturated rings. The Balaban J connectivity index is 1.95. The molecular weight excluding hydrogens is 250 g/mol. The van der Waals surface area contributed by atoms with Crippen LogP contribution < -0.4 is 5.32 Å². The van der Waals surface area contributed by atoms with Gasteiger partial charge in [-0.05, 0) is 56.7 Å². The summed E-state index contributed by atoms with van der Waals surface area (Å²) in [5.74, 6) is -0.808. The summed E-state index contributed by atoms with van der Waals surface area (Å²) in [6, 6.07) is 7.06. The Morgan fingerprint density at radius 2 is 2.15 bits per heavy atom. The van der Waals surface area contributed by atoms with E-state index in [9.17, 15) is 9.90 Å². The van der Waals surface area contributed by atoms with Gasteiger partial charge < -0.3 is 10.4 Å². The second kappa shape index (κ2) is 7.25. The Kier molecular flexibility index (Phi) is 5.36. The molecule has 1 unspecified atom stereocenters. The van der Waals surface area contributed by atoms with Gasteiger partial charge in [0.25, 0.3) is 0 Å². The Morgan fingerprint density at radius 3 is 2.80 bits per heavy atom. The summed E-state index contributed by atoms with van der Waals surface area (Å²) in [6.45, 7) is 2.67. The molecule has 0 amide bonds. The zero-order chi connectivity index (χ0) is 14.4. The van der Waals surface area contributed by atoms with Gasteiger partial charge in [0.1, 0.15) is 6.04 Å². The van der Waals surface area contributed by atoms with Crippen LogP contribution in [-0.2, 0) is 4.79 Å². The van der Waals surface area contributed by atoms with Crippen molar-refractivity contribution in [2.45, 2.75) is 45.1 Å². The van der Waals surface area contributed by atoms with Crippen molar-refractivity contribution in [3.05, 3.63) is 47.0 Å². The molecule has 1 aliphatic carbocycles. The van der Waals surface area contributed by atoms with E-state index in [1.54, 1.807) is 0 Å². The SMILES string of the molecule is Cc1ccccc1C(NCCC1=CCCCC1)C(=O)O. The van der Waals surface area contributed by atoms with Crippen LogP contribution in [0.15, 0.2) is 35.9 Å². The highest BCUT2D eigenvalue weighted by Gasteiger charge is 2.20. The zero-order valence-corrected chi connectivity index (χ0v) is 12.1. The van der Waals surface area contributed by atoms with Gasteiger partial charge in [-0.15, -0.1) is 0 Å². The summed E-state index contributed by atoms with van der Waals surface area (Å²) in [6.07, 6.45) is 8.17. The summed E-state index contributed by atoms with van der Waals surface area (Å²) in [5, 5.41) is 12.6. The highest BCUT2D eigenvalue weighted by atomic mass is 16.4. The number of benzene rings is 1. The molecular formula is C17H23NO2. The van der Waals surface area contributed by atoms with Crippen LogP contribution in [-0.4, -0.2) is 17.6 Å². The number of hydrogen-bond donors (Lipinski definition) is 2. The molecule has 0 bridgehead atoms. The van der Waals surface area contributed by atoms with Crippen LogP contribution in [0.25, 0.3) is 0 Å². The van der Waals surface area contributed by atoms with Crippen molar-refractivity contribution in [1.29, 1.82) is 0 Å². The van der Waals surface area contributed by atoms with Crippen molar-refractivity contribution in [3.63, 3.8) is 0 Å². The minimum atomic E-state index is -0.808. The molecule has 3 nitrogen and oxygen atoms in total. The van der Waals surface area contributed by atoms with E-state index in [0.717, 1.165) is 24.1 Å². The molecule has 3 heteroatoms. The second-order valence-corrected chi connectivity index (χ2v) is 5.44. The number of nitrogens with one attached hydrogen (secondary N) is 1. The zero-order valence-electron chi connectivity index (χ0n) is 12.1. The van der Waals surface area contributed by atoms with Crippen LogP contribution in [0.3, 0.4) is 0 Å². The lowest BCUT2D eigenvalue weighted by atomic mass is 9.96. The van der Waals surface area contributed by atoms with Crippen LogP contribution in [0.1, 0.15) is 49.3 Å². The largest absolute Gasteiger partial charge is 0.480 e. The van der Waals surface area contributed by atoms with E-state index in [1.165, 1.54) is 31.3 Å². The van der Waals surface area contributed by atoms with Crippen molar-refractivity contribution >= 4 is 5.97 Å². The van der Waals surface area contributed by atoms with Gasteiger partial charge in [0.15, 0.2) is 0 Å². The van der Waals surface area contributed by atoms with Crippen LogP contribution in [0.5, 0.6) is 0 Å². The molecule has 1 atom stereocenters. The molecule has 20 heavy (non-hydrogen) atoms. The van der Waals surface area contributed by atoms with Gasteiger partial charge in [-0.3, -0.25) is 4.79 Å². The standard InChI is InChI=1S/C17H23NO2/c1-13-7-5-6-10-15(13)16(17(19)20)18-12-11-14-8-3-2-4-9-14/h5-8,10,16,18H,2-4,9,11-12H2,1H3,(H,19,20). The van der Waals surface area contributed by atoms with Crippen LogP contribution in [0.2, 0.25) is 0 Å². The molecule has 0 spiro atoms. The van der Waals surface area contributed by atoms with Crippen molar-refractivity contribution in [3.8, 4) is 0 Å². The maximum absolute atomic E-state index is 11.5. The quantitative estimate of drug-likeness (QED) is 0.779. The third-order valence-electron chi connectivity index (χ3n) is 3.93. The first-order valence-electron chi connectivity index (χ1n) is 7.38. The Labute approximate surface area is 120 Å². The Bertz CT molecular complexity index is 494. The summed E-state index contributed by atoms with van der Waals surface area (Å²) >= 11 is 0. The normalized spacial score (nSPS) is 16.6. The molecule has 1 aromatic rings. The number of aliphatic carboxylic acids is 1. The molecule has 0 aliphatic heterocycles. The van der Waals surface area contributed by atoms with Crippen LogP contribution >= 0.6 is 0 Å². The summed E-state index contributed by atoms with van der Waals surface area (Å²) in [7, 11) is 0. The van der Waals surface area contributed by atoms with Gasteiger partial charge in [-0.1, -0.05) is 35.9 Å². The monoisotopic (exact) mass is 273 g/mol. The fraction of sp³-hybridized carbons (Fsp3) is 0.471. The summed E-state index contributed by atoms with van der Waals surface area (Å²) < 4.78 is 0. The lowest BCUT2D eigenvalue weighted by Crippen LogP contribution is -2.30. The molecule has 2 rings (SSSR count). The maximum Gasteiger partial charge on any atom is 0.325 e. The lowest BCUT2D eigenvalue weighted by Gasteiger charge is -2.18. The summed E-state index contributed by atoms with van der Waals surface area (Å²) in [4.78, 5) is 11.5. The van der Waals surface area contributed by atoms with E-state index < -0.39 is 12.0 Å². The second-order valence-electron chi connectivity index (χ2n) is 5.44. The Hall–Kier alpha value is -1.61. The van der Waals surface area contributed by atoms with E-state index in [2.05, 4.69) is 11.4 Å². The highest BCUT2D eigenvalue weighted by Crippen LogP contribution is 2.21. The fourth-order valence-electron chi connectivity index (χ4n) is 2.75. The molecule has 0 radical (unpaired) electrons. The Morgan fingerprint density at radius 1 is 1.35 bits per heavy atom. The number of carboxylic acids is 1. The van der Waals surface area contributed by atoms with Crippen molar-refractivity contribution in [2.24, 2.45) is 0 Å². The third-order valence-corrected chi connectivity index (χ3v) is 3.93. The molecule has 0 heterocycles. The van der Waals surface area contributed by atoms with Gasteiger partial charge in [-0.2, -0.15) is 0 Å². The molecule has 0 saturated carbocycles. The predicted molar refractivity (Wildman–Crippen MR) is 80.7 cm³/mol. The van der Waals surface area contributed by atoms with Gasteiger partial charge in [0.05, 0.1) is 0 Å². The van der Waals surface area contributed by atoms with E-state index in [4.69, 9.17) is 0 Å². The number of carboxylic acid groups (broad SMARTS) is 1. The van der Waals surface area contributed by atoms with E-state index in [0.29, 0.717) is 0 Å². The first-order valence-corrected chi connectivity index (χ1v) is 7.38. The number of aryl methyl sites for hydroxylation is 1. The predicted octanol–water partition coefficient (Wildman–Crippen LogP) is 3.60. The average molecular weight is 273 g/mol. The van der Waals surface area contributed by atoms with Gasteiger partial charge in [-0.25, -0.2) is 0 Å². The van der Waals surface area contributed by atoms with E-state index in [1.807, 2.05) is 31.2 Å². The maximum atomic E-state index is 11.5. The van der Waals surface area contributed by atoms with Gasteiger partial charge >= 0.3 is 5.97 Å². The number of rotatable bonds is 6. The van der Waals surface area contributed by atoms with Crippen molar-refractivity contribution < 1.29 is 9.90 Å². The molecule has 2 N–H and O–H groups in total. The first kappa shape index (κ1) is 14.8. The molecule has 1 aliphatic rings. The minimum Gasteiger partial charge on any atom is -0.480 e. The number of hydrogen-bond acceptors (Lipinski definition) is 2. The smallest absolute Gasteiger partial charge is 0.325 e. The average Bonchev–Trinajstić information content (AvgIpc) is 2.45. The number of allylic oxidation sites excluding steroid dienone is 1. The topological polar surface area (TPSA) is 49.3 Å². The van der Waals surface area contributed by atoms with Crippen LogP contribution in [0, 0.1) is 6.92 Å². The van der Waals surface area contributed by atoms with Crippen LogP contribution in [0.4, 0.5) is 0 Å². The van der Waals surface area contributed by atoms with E-state index in [-0.39, 0.29) is 0 Å². The first-order chi connectivity index (χ1) is 9.68. The lowest BCUT2D eigenvalue weighted by molar-refractivity contribution is -0.139. The van der Waals surface area contributed by atoms with Crippen molar-refractivity contribution in [1.82, 2.24) is 5.32 Å². The summed E-state index contributed by atoms with van der Waals surface area (Å²) in [5.41, 5.74) is 3.35. The molecule has 108 valence electrons. The highest BCUT2D eigenvalue weighted by molar-refractivity contribution is 5.76. The fourth-order valence-corrected chi connectivity index (χ4v) is 2.75. The number of carbonyl (C=O) groups is 1. The molecule has 0 aromatic heterocycles. The van der Waals surface area contributed by atoms with Crippen molar-refractivity contribution in [2.75, 3.05) is 6.54 Å². The van der Waals surface area contributed by atoms with Gasteiger partial charge in [0, 0.05) is 0 Å². The molecule has 0 saturated heterocycles. The minimum absolute atomic E-state index is 0.611. The molecule has 1 aromatic carbocycles. The third kappa shape index (κ3) is 3.94. The van der Waals surface area contributed by atoms with Gasteiger partial charge in [0.2, 0.25) is 0 Å². The van der Waals surface area contributed by atoms with E-state index >= 15 is 0 Å².